The molecule has 0 bridgehead atoms. The highest BCUT2D eigenvalue weighted by atomic mass is 16.5. The Kier molecular flexibility index (Phi) is 8.57. The Balaban J connectivity index is 1.63. The van der Waals surface area contributed by atoms with Crippen LogP contribution in [0.5, 0.6) is 5.75 Å². The molecule has 0 aliphatic carbocycles. The van der Waals surface area contributed by atoms with Crippen molar-refractivity contribution in [2.24, 2.45) is 4.99 Å². The molecule has 0 radical (unpaired) electrons. The normalized spacial score (nSPS) is 16.1. The van der Waals surface area contributed by atoms with Crippen LogP contribution in [0.15, 0.2) is 59.6 Å². The van der Waals surface area contributed by atoms with E-state index in [4.69, 9.17) is 14.5 Å². The maximum atomic E-state index is 5.66. The van der Waals surface area contributed by atoms with Crippen LogP contribution in [0.2, 0.25) is 0 Å². The van der Waals surface area contributed by atoms with Crippen LogP contribution in [0.25, 0.3) is 0 Å². The molecule has 0 unspecified atom stereocenters. The molecule has 2 aromatic rings. The molecule has 3 rings (SSSR count). The topological polar surface area (TPSA) is 54.9 Å². The third-order valence-corrected chi connectivity index (χ3v) is 5.81. The van der Waals surface area contributed by atoms with E-state index in [-0.39, 0.29) is 5.41 Å². The molecule has 2 aromatic carbocycles. The maximum Gasteiger partial charge on any atom is 0.191 e. The number of nitrogens with one attached hydrogen (secondary N) is 2. The fourth-order valence-electron chi connectivity index (χ4n) is 3.96. The number of ether oxygens (including phenoxy) is 2. The van der Waals surface area contributed by atoms with Gasteiger partial charge in [-0.05, 0) is 55.9 Å². The van der Waals surface area contributed by atoms with Gasteiger partial charge in [0.2, 0.25) is 0 Å². The van der Waals surface area contributed by atoms with E-state index in [1.807, 2.05) is 12.1 Å². The van der Waals surface area contributed by atoms with Crippen molar-refractivity contribution in [1.82, 2.24) is 10.6 Å². The van der Waals surface area contributed by atoms with Gasteiger partial charge in [0, 0.05) is 31.7 Å². The van der Waals surface area contributed by atoms with Gasteiger partial charge in [0.1, 0.15) is 5.75 Å². The van der Waals surface area contributed by atoms with Gasteiger partial charge in [0.25, 0.3) is 0 Å². The fourth-order valence-corrected chi connectivity index (χ4v) is 3.96. The standard InChI is InChI=1S/C25H35N3O2/c1-3-26-24(27-17-7-10-21-8-5-4-6-9-21)28-20-25(15-18-30-19-16-25)22-11-13-23(29-2)14-12-22/h4-6,8-9,11-14H,3,7,10,15-20H2,1-2H3,(H2,26,27,28). The summed E-state index contributed by atoms with van der Waals surface area (Å²) in [5.74, 6) is 1.78. The van der Waals surface area contributed by atoms with Gasteiger partial charge in [-0.2, -0.15) is 0 Å². The summed E-state index contributed by atoms with van der Waals surface area (Å²) in [5.41, 5.74) is 2.70. The minimum Gasteiger partial charge on any atom is -0.497 e. The second-order valence-electron chi connectivity index (χ2n) is 7.83. The molecule has 0 atom stereocenters. The van der Waals surface area contributed by atoms with E-state index < -0.39 is 0 Å². The molecule has 162 valence electrons. The zero-order valence-corrected chi connectivity index (χ0v) is 18.3. The molecule has 0 aromatic heterocycles. The number of hydrogen-bond acceptors (Lipinski definition) is 3. The number of guanidine groups is 1. The van der Waals surface area contributed by atoms with Crippen molar-refractivity contribution in [2.45, 2.75) is 38.0 Å². The smallest absolute Gasteiger partial charge is 0.191 e. The zero-order chi connectivity index (χ0) is 21.1. The van der Waals surface area contributed by atoms with Crippen molar-refractivity contribution in [1.29, 1.82) is 0 Å². The molecule has 1 heterocycles. The quantitative estimate of drug-likeness (QED) is 0.374. The zero-order valence-electron chi connectivity index (χ0n) is 18.3. The molecule has 1 saturated heterocycles. The lowest BCUT2D eigenvalue weighted by Crippen LogP contribution is -2.41. The molecule has 5 nitrogen and oxygen atoms in total. The third-order valence-electron chi connectivity index (χ3n) is 5.81. The van der Waals surface area contributed by atoms with Crippen molar-refractivity contribution in [3.63, 3.8) is 0 Å². The van der Waals surface area contributed by atoms with Crippen LogP contribution in [0.1, 0.15) is 37.3 Å². The van der Waals surface area contributed by atoms with Crippen LogP contribution in [-0.4, -0.2) is 45.9 Å². The van der Waals surface area contributed by atoms with Gasteiger partial charge in [-0.1, -0.05) is 42.5 Å². The predicted molar refractivity (Wildman–Crippen MR) is 123 cm³/mol. The molecule has 1 aliphatic rings. The molecule has 0 amide bonds. The largest absolute Gasteiger partial charge is 0.497 e. The van der Waals surface area contributed by atoms with Crippen LogP contribution in [0.4, 0.5) is 0 Å². The molecular weight excluding hydrogens is 374 g/mol. The number of hydrogen-bond donors (Lipinski definition) is 2. The van der Waals surface area contributed by atoms with Gasteiger partial charge in [-0.15, -0.1) is 0 Å². The average molecular weight is 410 g/mol. The van der Waals surface area contributed by atoms with Crippen molar-refractivity contribution >= 4 is 5.96 Å². The molecule has 5 heteroatoms. The van der Waals surface area contributed by atoms with Gasteiger partial charge in [0.05, 0.1) is 13.7 Å². The monoisotopic (exact) mass is 409 g/mol. The Hall–Kier alpha value is -2.53. The number of aryl methyl sites for hydroxylation is 1. The summed E-state index contributed by atoms with van der Waals surface area (Å²) in [7, 11) is 1.70. The number of aliphatic imine (C=N–C) groups is 1. The summed E-state index contributed by atoms with van der Waals surface area (Å²) in [4.78, 5) is 4.98. The lowest BCUT2D eigenvalue weighted by molar-refractivity contribution is 0.0531. The lowest BCUT2D eigenvalue weighted by Gasteiger charge is -2.36. The summed E-state index contributed by atoms with van der Waals surface area (Å²) in [6.45, 7) is 6.17. The lowest BCUT2D eigenvalue weighted by atomic mass is 9.74. The number of methoxy groups -OCH3 is 1. The number of nitrogens with zero attached hydrogens (tertiary/aromatic N) is 1. The first-order valence-electron chi connectivity index (χ1n) is 11.0. The number of benzene rings is 2. The second-order valence-corrected chi connectivity index (χ2v) is 7.83. The Bertz CT molecular complexity index is 769. The highest BCUT2D eigenvalue weighted by Gasteiger charge is 2.34. The maximum absolute atomic E-state index is 5.66. The summed E-state index contributed by atoms with van der Waals surface area (Å²) in [5, 5.41) is 6.90. The van der Waals surface area contributed by atoms with Gasteiger partial charge >= 0.3 is 0 Å². The van der Waals surface area contributed by atoms with E-state index in [0.717, 1.165) is 70.2 Å². The minimum atomic E-state index is 0.0108. The SMILES string of the molecule is CCNC(=NCC1(c2ccc(OC)cc2)CCOCC1)NCCCc1ccccc1. The molecule has 1 aliphatic heterocycles. The summed E-state index contributed by atoms with van der Waals surface area (Å²) >= 11 is 0. The van der Waals surface area contributed by atoms with Crippen LogP contribution in [-0.2, 0) is 16.6 Å². The van der Waals surface area contributed by atoms with E-state index in [1.54, 1.807) is 7.11 Å². The van der Waals surface area contributed by atoms with E-state index in [1.165, 1.54) is 11.1 Å². The molecule has 0 spiro atoms. The summed E-state index contributed by atoms with van der Waals surface area (Å²) < 4.78 is 11.0. The Labute approximate surface area is 180 Å². The first-order chi connectivity index (χ1) is 14.8. The van der Waals surface area contributed by atoms with Crippen molar-refractivity contribution < 1.29 is 9.47 Å². The highest BCUT2D eigenvalue weighted by molar-refractivity contribution is 5.79. The van der Waals surface area contributed by atoms with Crippen molar-refractivity contribution in [2.75, 3.05) is 40.0 Å². The van der Waals surface area contributed by atoms with Crippen LogP contribution in [0.3, 0.4) is 0 Å². The van der Waals surface area contributed by atoms with Crippen molar-refractivity contribution in [3.05, 3.63) is 65.7 Å². The van der Waals surface area contributed by atoms with Crippen LogP contribution in [0, 0.1) is 0 Å². The van der Waals surface area contributed by atoms with Gasteiger partial charge in [0.15, 0.2) is 5.96 Å². The Morgan fingerprint density at radius 2 is 1.77 bits per heavy atom. The van der Waals surface area contributed by atoms with Gasteiger partial charge < -0.3 is 20.1 Å². The summed E-state index contributed by atoms with van der Waals surface area (Å²) in [6.07, 6.45) is 4.11. The molecule has 0 saturated carbocycles. The highest BCUT2D eigenvalue weighted by Crippen LogP contribution is 2.36. The predicted octanol–water partition coefficient (Wildman–Crippen LogP) is 3.93. The first-order valence-corrected chi connectivity index (χ1v) is 11.0. The van der Waals surface area contributed by atoms with Gasteiger partial charge in [-0.3, -0.25) is 4.99 Å². The van der Waals surface area contributed by atoms with Crippen LogP contribution >= 0.6 is 0 Å². The Morgan fingerprint density at radius 3 is 2.43 bits per heavy atom. The molecule has 2 N–H and O–H groups in total. The minimum absolute atomic E-state index is 0.0108. The Morgan fingerprint density at radius 1 is 1.03 bits per heavy atom. The molecule has 1 fully saturated rings. The van der Waals surface area contributed by atoms with E-state index >= 15 is 0 Å². The van der Waals surface area contributed by atoms with Crippen LogP contribution < -0.4 is 15.4 Å². The second kappa shape index (κ2) is 11.6. The van der Waals surface area contributed by atoms with E-state index in [2.05, 4.69) is 60.0 Å². The van der Waals surface area contributed by atoms with Crippen molar-refractivity contribution in [3.8, 4) is 5.75 Å². The molecule has 30 heavy (non-hydrogen) atoms. The van der Waals surface area contributed by atoms with E-state index in [9.17, 15) is 0 Å². The van der Waals surface area contributed by atoms with E-state index in [0.29, 0.717) is 0 Å². The fraction of sp³-hybridized carbons (Fsp3) is 0.480. The summed E-state index contributed by atoms with van der Waals surface area (Å²) in [6, 6.07) is 19.1. The average Bonchev–Trinajstić information content (AvgIpc) is 2.81. The van der Waals surface area contributed by atoms with Gasteiger partial charge in [-0.25, -0.2) is 0 Å². The third kappa shape index (κ3) is 6.23. The molecular formula is C25H35N3O2. The first kappa shape index (κ1) is 22.2. The number of rotatable bonds is 9.